The first-order chi connectivity index (χ1) is 10.3. The van der Waals surface area contributed by atoms with Crippen LogP contribution in [0.1, 0.15) is 27.7 Å². The number of nitrogens with one attached hydrogen (secondary N) is 1. The first kappa shape index (κ1) is 15.7. The van der Waals surface area contributed by atoms with E-state index in [0.717, 1.165) is 0 Å². The molecular formula is C20H28NP. The van der Waals surface area contributed by atoms with Gasteiger partial charge in [-0.05, 0) is 0 Å². The van der Waals surface area contributed by atoms with Gasteiger partial charge in [0.1, 0.15) is 0 Å². The molecule has 0 aliphatic carbocycles. The van der Waals surface area contributed by atoms with E-state index >= 15 is 0 Å². The van der Waals surface area contributed by atoms with Crippen LogP contribution in [0.25, 0.3) is 0 Å². The predicted octanol–water partition coefficient (Wildman–Crippen LogP) is 3.55. The molecule has 1 aliphatic rings. The molecule has 2 heteroatoms. The molecule has 0 radical (unpaired) electrons. The molecule has 3 rings (SSSR count). The van der Waals surface area contributed by atoms with Crippen molar-refractivity contribution in [3.63, 3.8) is 0 Å². The summed E-state index contributed by atoms with van der Waals surface area (Å²) in [6.07, 6.45) is 2.49. The van der Waals surface area contributed by atoms with E-state index in [2.05, 4.69) is 93.7 Å². The van der Waals surface area contributed by atoms with Gasteiger partial charge >= 0.3 is 135 Å². The molecule has 0 atom stereocenters. The monoisotopic (exact) mass is 313 g/mol. The van der Waals surface area contributed by atoms with Crippen LogP contribution >= 0.6 is 7.26 Å². The molecule has 0 spiro atoms. The fraction of sp³-hybridized carbons (Fsp3) is 0.400. The molecule has 1 nitrogen and oxygen atoms in total. The van der Waals surface area contributed by atoms with Crippen LogP contribution in [0.3, 0.4) is 0 Å². The minimum atomic E-state index is -1.77. The summed E-state index contributed by atoms with van der Waals surface area (Å²) < 4.78 is 0. The van der Waals surface area contributed by atoms with E-state index in [0.29, 0.717) is 0 Å². The Hall–Kier alpha value is -1.17. The zero-order valence-corrected chi connectivity index (χ0v) is 15.2. The Bertz CT molecular complexity index is 574. The molecule has 0 bridgehead atoms. The molecule has 1 heterocycles. The molecular weight excluding hydrogens is 285 g/mol. The van der Waals surface area contributed by atoms with Crippen molar-refractivity contribution in [3.8, 4) is 0 Å². The van der Waals surface area contributed by atoms with Crippen molar-refractivity contribution in [2.24, 2.45) is 0 Å². The molecule has 118 valence electrons. The van der Waals surface area contributed by atoms with Crippen LogP contribution in [-0.2, 0) is 0 Å². The van der Waals surface area contributed by atoms with E-state index in [1.54, 1.807) is 10.6 Å². The quantitative estimate of drug-likeness (QED) is 0.836. The summed E-state index contributed by atoms with van der Waals surface area (Å²) in [6, 6.07) is 22.5. The molecule has 2 aromatic carbocycles. The summed E-state index contributed by atoms with van der Waals surface area (Å²) in [4.78, 5) is 0. The van der Waals surface area contributed by atoms with Gasteiger partial charge in [0, 0.05) is 0 Å². The molecule has 1 saturated heterocycles. The van der Waals surface area contributed by atoms with Gasteiger partial charge in [0.25, 0.3) is 0 Å². The van der Waals surface area contributed by atoms with Gasteiger partial charge in [-0.1, -0.05) is 0 Å². The average Bonchev–Trinajstić information content (AvgIpc) is 2.46. The average molecular weight is 313 g/mol. The van der Waals surface area contributed by atoms with E-state index in [-0.39, 0.29) is 11.1 Å². The van der Waals surface area contributed by atoms with Crippen LogP contribution in [0, 0.1) is 0 Å². The van der Waals surface area contributed by atoms with E-state index in [1.165, 1.54) is 12.3 Å². The van der Waals surface area contributed by atoms with Gasteiger partial charge in [-0.3, -0.25) is 0 Å². The van der Waals surface area contributed by atoms with Gasteiger partial charge in [-0.2, -0.15) is 0 Å². The summed E-state index contributed by atoms with van der Waals surface area (Å²) in [5, 5.41) is 7.01. The second kappa shape index (κ2) is 5.48. The molecule has 22 heavy (non-hydrogen) atoms. The summed E-state index contributed by atoms with van der Waals surface area (Å²) in [7, 11) is -1.77. The number of hydrogen-bond acceptors (Lipinski definition) is 1. The molecule has 0 aromatic heterocycles. The van der Waals surface area contributed by atoms with Crippen molar-refractivity contribution in [2.45, 2.75) is 38.8 Å². The third-order valence-electron chi connectivity index (χ3n) is 4.82. The van der Waals surface area contributed by atoms with E-state index in [4.69, 9.17) is 0 Å². The van der Waals surface area contributed by atoms with E-state index in [1.807, 2.05) is 0 Å². The Labute approximate surface area is 135 Å². The third kappa shape index (κ3) is 2.98. The molecule has 2 aromatic rings. The second-order valence-corrected chi connectivity index (χ2v) is 12.1. The Balaban J connectivity index is 2.20. The standard InChI is InChI=1S/C20H28NP/c1-19(2)15-22(16-20(3,4)21-19,17-11-7-5-8-12-17)18-13-9-6-10-14-18/h5-14,21-22H,15-16H2,1-4H3. The summed E-state index contributed by atoms with van der Waals surface area (Å²) in [5.41, 5.74) is 0.333. The number of hydrogen-bond donors (Lipinski definition) is 1. The van der Waals surface area contributed by atoms with Gasteiger partial charge in [0.2, 0.25) is 0 Å². The fourth-order valence-corrected chi connectivity index (χ4v) is 10.8. The maximum atomic E-state index is 3.86. The van der Waals surface area contributed by atoms with Crippen molar-refractivity contribution in [2.75, 3.05) is 12.3 Å². The SMILES string of the molecule is CC1(C)C[PH](c2ccccc2)(c2ccccc2)CC(C)(C)N1. The van der Waals surface area contributed by atoms with E-state index in [9.17, 15) is 0 Å². The van der Waals surface area contributed by atoms with E-state index < -0.39 is 7.26 Å². The van der Waals surface area contributed by atoms with Gasteiger partial charge in [-0.15, -0.1) is 0 Å². The van der Waals surface area contributed by atoms with Crippen molar-refractivity contribution in [3.05, 3.63) is 60.7 Å². The van der Waals surface area contributed by atoms with Gasteiger partial charge < -0.3 is 0 Å². The number of benzene rings is 2. The summed E-state index contributed by atoms with van der Waals surface area (Å²) in [6.45, 7) is 9.45. The first-order valence-electron chi connectivity index (χ1n) is 8.24. The second-order valence-electron chi connectivity index (χ2n) is 8.06. The summed E-state index contributed by atoms with van der Waals surface area (Å²) >= 11 is 0. The van der Waals surface area contributed by atoms with Crippen LogP contribution in [0.2, 0.25) is 0 Å². The molecule has 0 saturated carbocycles. The van der Waals surface area contributed by atoms with Crippen LogP contribution in [0.5, 0.6) is 0 Å². The van der Waals surface area contributed by atoms with Crippen molar-refractivity contribution >= 4 is 17.9 Å². The predicted molar refractivity (Wildman–Crippen MR) is 101 cm³/mol. The van der Waals surface area contributed by atoms with Crippen LogP contribution < -0.4 is 15.9 Å². The minimum absolute atomic E-state index is 0.166. The van der Waals surface area contributed by atoms with Gasteiger partial charge in [0.15, 0.2) is 0 Å². The van der Waals surface area contributed by atoms with Crippen molar-refractivity contribution in [1.29, 1.82) is 0 Å². The number of rotatable bonds is 2. The fourth-order valence-electron chi connectivity index (χ4n) is 4.67. The Morgan fingerprint density at radius 2 is 1.05 bits per heavy atom. The topological polar surface area (TPSA) is 12.0 Å². The maximum absolute atomic E-state index is 3.86. The van der Waals surface area contributed by atoms with Crippen molar-refractivity contribution < 1.29 is 0 Å². The Kier molecular flexibility index (Phi) is 3.91. The molecule has 1 fully saturated rings. The zero-order chi connectivity index (χ0) is 15.8. The molecule has 0 amide bonds. The molecule has 0 unspecified atom stereocenters. The molecule has 1 aliphatic heterocycles. The Morgan fingerprint density at radius 3 is 1.41 bits per heavy atom. The normalized spacial score (nSPS) is 23.6. The van der Waals surface area contributed by atoms with Crippen LogP contribution in [-0.4, -0.2) is 23.4 Å². The van der Waals surface area contributed by atoms with Crippen LogP contribution in [0.4, 0.5) is 0 Å². The van der Waals surface area contributed by atoms with Crippen LogP contribution in [0.15, 0.2) is 60.7 Å². The van der Waals surface area contributed by atoms with Gasteiger partial charge in [-0.25, -0.2) is 0 Å². The first-order valence-corrected chi connectivity index (χ1v) is 10.6. The molecule has 1 N–H and O–H groups in total. The summed E-state index contributed by atoms with van der Waals surface area (Å²) in [5.74, 6) is 0. The third-order valence-corrected chi connectivity index (χ3v) is 10.7. The van der Waals surface area contributed by atoms with Gasteiger partial charge in [0.05, 0.1) is 0 Å². The van der Waals surface area contributed by atoms with Crippen molar-refractivity contribution in [1.82, 2.24) is 5.32 Å². The Morgan fingerprint density at radius 1 is 0.682 bits per heavy atom. The zero-order valence-electron chi connectivity index (χ0n) is 14.2.